The maximum absolute atomic E-state index is 12.7. The zero-order valence-corrected chi connectivity index (χ0v) is 14.7. The number of hydrogen-bond acceptors (Lipinski definition) is 8. The van der Waals surface area contributed by atoms with Gasteiger partial charge in [-0.05, 0) is 27.7 Å². The van der Waals surface area contributed by atoms with E-state index in [1.54, 1.807) is 13.8 Å². The minimum atomic E-state index is -5.86. The monoisotopic (exact) mass is 392 g/mol. The Hall–Kier alpha value is -0.500. The Bertz CT molecular complexity index is 632. The molecule has 2 unspecified atom stereocenters. The summed E-state index contributed by atoms with van der Waals surface area (Å²) in [6, 6.07) is 0. The molecule has 0 aromatic heterocycles. The molecular formula is C13H19F3O8S. The summed E-state index contributed by atoms with van der Waals surface area (Å²) < 4.78 is 93.0. The van der Waals surface area contributed by atoms with Crippen LogP contribution in [0.25, 0.3) is 0 Å². The summed E-state index contributed by atoms with van der Waals surface area (Å²) in [5.41, 5.74) is -5.57. The predicted molar refractivity (Wildman–Crippen MR) is 73.4 cm³/mol. The second-order valence-electron chi connectivity index (χ2n) is 6.90. The molecule has 3 aliphatic rings. The maximum atomic E-state index is 12.7. The molecule has 0 amide bonds. The molecule has 8 nitrogen and oxygen atoms in total. The molecule has 0 radical (unpaired) electrons. The highest BCUT2D eigenvalue weighted by Gasteiger charge is 2.62. The van der Waals surface area contributed by atoms with Crippen LogP contribution >= 0.6 is 0 Å². The largest absolute Gasteiger partial charge is 0.523 e. The van der Waals surface area contributed by atoms with Gasteiger partial charge in [-0.1, -0.05) is 0 Å². The van der Waals surface area contributed by atoms with Crippen molar-refractivity contribution >= 4 is 10.1 Å². The maximum Gasteiger partial charge on any atom is 0.523 e. The van der Waals surface area contributed by atoms with Crippen LogP contribution in [0.15, 0.2) is 0 Å². The molecule has 3 fully saturated rings. The van der Waals surface area contributed by atoms with Crippen LogP contribution in [0.4, 0.5) is 13.2 Å². The van der Waals surface area contributed by atoms with Crippen molar-refractivity contribution in [1.82, 2.24) is 0 Å². The van der Waals surface area contributed by atoms with E-state index in [1.807, 2.05) is 0 Å². The van der Waals surface area contributed by atoms with Crippen LogP contribution in [-0.2, 0) is 38.0 Å². The van der Waals surface area contributed by atoms with Gasteiger partial charge in [0.1, 0.15) is 24.4 Å². The van der Waals surface area contributed by atoms with Crippen LogP contribution in [-0.4, -0.2) is 62.8 Å². The zero-order valence-electron chi connectivity index (χ0n) is 13.9. The van der Waals surface area contributed by atoms with E-state index in [9.17, 15) is 21.6 Å². The predicted octanol–water partition coefficient (Wildman–Crippen LogP) is 1.25. The first kappa shape index (κ1) is 19.3. The minimum Gasteiger partial charge on any atom is -0.348 e. The second kappa shape index (κ2) is 5.75. The fraction of sp³-hybridized carbons (Fsp3) is 1.00. The van der Waals surface area contributed by atoms with E-state index in [-0.39, 0.29) is 6.61 Å². The summed E-state index contributed by atoms with van der Waals surface area (Å²) in [5, 5.41) is 0. The normalized spacial score (nSPS) is 40.4. The van der Waals surface area contributed by atoms with Crippen molar-refractivity contribution in [1.29, 1.82) is 0 Å². The van der Waals surface area contributed by atoms with Gasteiger partial charge >= 0.3 is 15.6 Å². The van der Waals surface area contributed by atoms with Crippen molar-refractivity contribution in [2.75, 3.05) is 6.61 Å². The van der Waals surface area contributed by atoms with Gasteiger partial charge in [0, 0.05) is 0 Å². The molecule has 3 saturated heterocycles. The van der Waals surface area contributed by atoms with Gasteiger partial charge in [0.25, 0.3) is 0 Å². The Morgan fingerprint density at radius 1 is 1.00 bits per heavy atom. The number of ether oxygens (including phenoxy) is 5. The summed E-state index contributed by atoms with van der Waals surface area (Å²) in [6.07, 6.45) is -5.86. The highest BCUT2D eigenvalue weighted by atomic mass is 32.2. The van der Waals surface area contributed by atoms with E-state index in [0.29, 0.717) is 0 Å². The third kappa shape index (κ3) is 3.66. The fourth-order valence-electron chi connectivity index (χ4n) is 2.99. The molecule has 3 rings (SSSR count). The molecule has 146 valence electrons. The smallest absolute Gasteiger partial charge is 0.348 e. The van der Waals surface area contributed by atoms with Crippen LogP contribution in [0.3, 0.4) is 0 Å². The molecule has 0 spiro atoms. The van der Waals surface area contributed by atoms with Gasteiger partial charge in [0.05, 0.1) is 6.61 Å². The van der Waals surface area contributed by atoms with E-state index in [4.69, 9.17) is 23.7 Å². The Morgan fingerprint density at radius 3 is 2.16 bits per heavy atom. The molecule has 0 aromatic carbocycles. The summed E-state index contributed by atoms with van der Waals surface area (Å²) >= 11 is 0. The van der Waals surface area contributed by atoms with E-state index < -0.39 is 57.9 Å². The van der Waals surface area contributed by atoms with Gasteiger partial charge in [0.15, 0.2) is 17.9 Å². The molecule has 0 N–H and O–H groups in total. The third-order valence-corrected chi connectivity index (χ3v) is 4.99. The molecule has 0 aromatic rings. The molecule has 3 aliphatic heterocycles. The quantitative estimate of drug-likeness (QED) is 0.524. The van der Waals surface area contributed by atoms with E-state index in [1.165, 1.54) is 13.8 Å². The minimum absolute atomic E-state index is 0.00751. The van der Waals surface area contributed by atoms with Gasteiger partial charge in [-0.2, -0.15) is 21.6 Å². The lowest BCUT2D eigenvalue weighted by Gasteiger charge is -2.28. The van der Waals surface area contributed by atoms with Crippen molar-refractivity contribution in [3.8, 4) is 0 Å². The first-order valence-electron chi connectivity index (χ1n) is 7.53. The molecule has 5 atom stereocenters. The number of alkyl halides is 3. The fourth-order valence-corrected chi connectivity index (χ4v) is 3.61. The van der Waals surface area contributed by atoms with Gasteiger partial charge in [-0.25, -0.2) is 0 Å². The molecule has 3 heterocycles. The van der Waals surface area contributed by atoms with Crippen LogP contribution in [0.2, 0.25) is 0 Å². The van der Waals surface area contributed by atoms with Crippen LogP contribution in [0.1, 0.15) is 27.7 Å². The van der Waals surface area contributed by atoms with E-state index in [0.717, 1.165) is 0 Å². The lowest BCUT2D eigenvalue weighted by molar-refractivity contribution is -0.230. The zero-order chi connectivity index (χ0) is 18.8. The Kier molecular flexibility index (Phi) is 4.43. The highest BCUT2D eigenvalue weighted by molar-refractivity contribution is 7.87. The van der Waals surface area contributed by atoms with Crippen LogP contribution in [0.5, 0.6) is 0 Å². The lowest BCUT2D eigenvalue weighted by Crippen LogP contribution is -2.46. The van der Waals surface area contributed by atoms with Crippen molar-refractivity contribution in [3.05, 3.63) is 0 Å². The van der Waals surface area contributed by atoms with Gasteiger partial charge in [0.2, 0.25) is 0 Å². The molecule has 0 aliphatic carbocycles. The number of rotatable bonds is 3. The number of fused-ring (bicyclic) bond motifs is 1. The van der Waals surface area contributed by atoms with Crippen molar-refractivity contribution in [2.45, 2.75) is 75.5 Å². The second-order valence-corrected chi connectivity index (χ2v) is 8.46. The molecule has 0 saturated carbocycles. The highest BCUT2D eigenvalue weighted by Crippen LogP contribution is 2.43. The number of hydrogen-bond donors (Lipinski definition) is 0. The van der Waals surface area contributed by atoms with Crippen molar-refractivity contribution in [2.24, 2.45) is 0 Å². The molecule has 25 heavy (non-hydrogen) atoms. The average Bonchev–Trinajstić information content (AvgIpc) is 2.99. The summed E-state index contributed by atoms with van der Waals surface area (Å²) in [6.45, 7) is 6.27. The number of halogens is 3. The molecule has 0 bridgehead atoms. The summed E-state index contributed by atoms with van der Waals surface area (Å²) in [4.78, 5) is 0. The first-order chi connectivity index (χ1) is 11.2. The summed E-state index contributed by atoms with van der Waals surface area (Å²) in [5.74, 6) is -2.14. The Balaban J connectivity index is 1.86. The SMILES string of the molecule is CC1(C)OCC([C@H]2O[C@@H]3OC(C)(C)OC3[C@@H]2OS(=O)(=O)C(F)(F)F)O1. The topological polar surface area (TPSA) is 89.5 Å². The van der Waals surface area contributed by atoms with Crippen LogP contribution in [0, 0.1) is 0 Å². The van der Waals surface area contributed by atoms with Gasteiger partial charge in [-0.15, -0.1) is 0 Å². The van der Waals surface area contributed by atoms with Gasteiger partial charge in [-0.3, -0.25) is 4.18 Å². The van der Waals surface area contributed by atoms with Gasteiger partial charge < -0.3 is 23.7 Å². The summed E-state index contributed by atoms with van der Waals surface area (Å²) in [7, 11) is -5.86. The average molecular weight is 392 g/mol. The Labute approximate surface area is 142 Å². The van der Waals surface area contributed by atoms with Crippen molar-refractivity contribution < 1.29 is 49.5 Å². The molecular weight excluding hydrogens is 373 g/mol. The Morgan fingerprint density at radius 2 is 1.64 bits per heavy atom. The van der Waals surface area contributed by atoms with E-state index >= 15 is 0 Å². The standard InChI is InChI=1S/C13H19F3O8S/c1-11(2)19-5-6(21-11)7-8(24-25(17,18)13(14,15)16)9-10(20-7)23-12(3,4)22-9/h6-10H,5H2,1-4H3/t6?,7-,8-,9?,10-/m1/s1. The van der Waals surface area contributed by atoms with Crippen LogP contribution < -0.4 is 0 Å². The lowest BCUT2D eigenvalue weighted by atomic mass is 10.1. The van der Waals surface area contributed by atoms with E-state index in [2.05, 4.69) is 4.18 Å². The molecule has 12 heteroatoms. The first-order valence-corrected chi connectivity index (χ1v) is 8.94. The third-order valence-electron chi connectivity index (χ3n) is 3.95. The van der Waals surface area contributed by atoms with Crippen molar-refractivity contribution in [3.63, 3.8) is 0 Å².